The summed E-state index contributed by atoms with van der Waals surface area (Å²) in [5.41, 5.74) is 8.71. The predicted molar refractivity (Wildman–Crippen MR) is 126 cm³/mol. The van der Waals surface area contributed by atoms with Crippen molar-refractivity contribution in [2.45, 2.75) is 80.1 Å². The standard InChI is InChI=1S/C23H34O.2BrH.Zr/c1-13-14(2)16(4)20(15(13)3)18-11-17(22(5,6)7)12-19(21(18)24)23(8,9)10;;;/h11-12,15,24H,1-10H3;2*1H;. The molecular formula is C23H36Br2OZr. The summed E-state index contributed by atoms with van der Waals surface area (Å²) in [4.78, 5) is 0. The van der Waals surface area contributed by atoms with Crippen LogP contribution in [0, 0.1) is 5.92 Å². The average molecular weight is 580 g/mol. The van der Waals surface area contributed by atoms with Crippen LogP contribution in [-0.2, 0) is 37.0 Å². The van der Waals surface area contributed by atoms with Gasteiger partial charge in [-0.3, -0.25) is 0 Å². The molecule has 1 aliphatic rings. The molecule has 1 aromatic rings. The van der Waals surface area contributed by atoms with Crippen molar-refractivity contribution in [3.63, 3.8) is 0 Å². The molecule has 4 heteroatoms. The number of allylic oxidation sites excluding steroid dienone is 4. The monoisotopic (exact) mass is 576 g/mol. The van der Waals surface area contributed by atoms with E-state index < -0.39 is 0 Å². The summed E-state index contributed by atoms with van der Waals surface area (Å²) in [5, 5.41) is 11.1. The Kier molecular flexibility index (Phi) is 10.8. The third kappa shape index (κ3) is 5.70. The number of aromatic hydroxyl groups is 1. The Balaban J connectivity index is 0. The summed E-state index contributed by atoms with van der Waals surface area (Å²) in [7, 11) is 0. The van der Waals surface area contributed by atoms with Gasteiger partial charge in [0.15, 0.2) is 0 Å². The van der Waals surface area contributed by atoms with Gasteiger partial charge in [-0.1, -0.05) is 60.1 Å². The zero-order valence-corrected chi connectivity index (χ0v) is 24.4. The van der Waals surface area contributed by atoms with Crippen LogP contribution in [0.2, 0.25) is 0 Å². The van der Waals surface area contributed by atoms with E-state index in [1.807, 2.05) is 0 Å². The van der Waals surface area contributed by atoms with Crippen LogP contribution in [-0.4, -0.2) is 5.11 Å². The SMILES string of the molecule is Br.Br.CC1=C(C)C(C)C(c2cc(C(C)(C)C)cc(C(C)(C)C)c2O)=C1C.[Zr]. The fourth-order valence-corrected chi connectivity index (χ4v) is 3.64. The van der Waals surface area contributed by atoms with Gasteiger partial charge in [0.1, 0.15) is 5.75 Å². The first-order valence-corrected chi connectivity index (χ1v) is 9.03. The molecule has 1 atom stereocenters. The summed E-state index contributed by atoms with van der Waals surface area (Å²) in [6, 6.07) is 4.41. The summed E-state index contributed by atoms with van der Waals surface area (Å²) >= 11 is 0. The van der Waals surface area contributed by atoms with E-state index in [1.165, 1.54) is 27.9 Å². The minimum absolute atomic E-state index is 0. The Labute approximate surface area is 206 Å². The number of rotatable bonds is 1. The van der Waals surface area contributed by atoms with Crippen molar-refractivity contribution in [1.29, 1.82) is 0 Å². The Hall–Kier alpha value is 0.343. The molecule has 0 bridgehead atoms. The molecular weight excluding hydrogens is 543 g/mol. The van der Waals surface area contributed by atoms with E-state index in [0.29, 0.717) is 11.7 Å². The number of phenolic OH excluding ortho intramolecular Hbond substituents is 1. The van der Waals surface area contributed by atoms with Crippen LogP contribution < -0.4 is 0 Å². The normalized spacial score (nSPS) is 17.3. The van der Waals surface area contributed by atoms with E-state index in [-0.39, 0.29) is 71.0 Å². The van der Waals surface area contributed by atoms with Gasteiger partial charge >= 0.3 is 0 Å². The summed E-state index contributed by atoms with van der Waals surface area (Å²) in [6.45, 7) is 22.1. The number of hydrogen-bond acceptors (Lipinski definition) is 1. The van der Waals surface area contributed by atoms with Gasteiger partial charge in [-0.25, -0.2) is 0 Å². The first-order valence-electron chi connectivity index (χ1n) is 9.03. The van der Waals surface area contributed by atoms with Gasteiger partial charge in [-0.2, -0.15) is 0 Å². The fourth-order valence-electron chi connectivity index (χ4n) is 3.64. The Morgan fingerprint density at radius 1 is 0.815 bits per heavy atom. The first kappa shape index (κ1) is 29.5. The molecule has 1 N–H and O–H groups in total. The Morgan fingerprint density at radius 2 is 1.30 bits per heavy atom. The van der Waals surface area contributed by atoms with Crippen molar-refractivity contribution < 1.29 is 31.3 Å². The predicted octanol–water partition coefficient (Wildman–Crippen LogP) is 7.90. The molecule has 0 saturated carbocycles. The van der Waals surface area contributed by atoms with Gasteiger partial charge in [0, 0.05) is 43.2 Å². The number of halogens is 2. The fraction of sp³-hybridized carbons (Fsp3) is 0.565. The first-order chi connectivity index (χ1) is 10.8. The molecule has 27 heavy (non-hydrogen) atoms. The van der Waals surface area contributed by atoms with E-state index >= 15 is 0 Å². The van der Waals surface area contributed by atoms with E-state index in [1.54, 1.807) is 0 Å². The quantitative estimate of drug-likeness (QED) is 0.359. The van der Waals surface area contributed by atoms with Crippen LogP contribution in [0.1, 0.15) is 85.9 Å². The number of hydrogen-bond donors (Lipinski definition) is 1. The van der Waals surface area contributed by atoms with Crippen molar-refractivity contribution in [3.8, 4) is 5.75 Å². The van der Waals surface area contributed by atoms with Crippen LogP contribution in [0.4, 0.5) is 0 Å². The van der Waals surface area contributed by atoms with Crippen LogP contribution in [0.5, 0.6) is 5.75 Å². The molecule has 2 rings (SSSR count). The van der Waals surface area contributed by atoms with Gasteiger partial charge in [0.25, 0.3) is 0 Å². The third-order valence-electron chi connectivity index (χ3n) is 5.71. The maximum absolute atomic E-state index is 11.1. The van der Waals surface area contributed by atoms with E-state index in [2.05, 4.69) is 81.4 Å². The summed E-state index contributed by atoms with van der Waals surface area (Å²) in [6.07, 6.45) is 0. The molecule has 0 heterocycles. The molecule has 0 spiro atoms. The number of benzene rings is 1. The zero-order chi connectivity index (χ0) is 18.6. The molecule has 0 amide bonds. The van der Waals surface area contributed by atoms with Crippen LogP contribution in [0.25, 0.3) is 5.57 Å². The van der Waals surface area contributed by atoms with Gasteiger partial charge in [0.2, 0.25) is 0 Å². The average Bonchev–Trinajstić information content (AvgIpc) is 2.61. The van der Waals surface area contributed by atoms with Crippen LogP contribution in [0.3, 0.4) is 0 Å². The summed E-state index contributed by atoms with van der Waals surface area (Å²) in [5.74, 6) is 0.818. The van der Waals surface area contributed by atoms with Crippen molar-refractivity contribution in [2.24, 2.45) is 5.92 Å². The number of phenols is 1. The van der Waals surface area contributed by atoms with E-state index in [9.17, 15) is 5.11 Å². The van der Waals surface area contributed by atoms with Crippen LogP contribution in [0.15, 0.2) is 28.9 Å². The van der Waals surface area contributed by atoms with E-state index in [0.717, 1.165) is 11.1 Å². The van der Waals surface area contributed by atoms with Gasteiger partial charge in [0.05, 0.1) is 0 Å². The molecule has 1 aliphatic carbocycles. The van der Waals surface area contributed by atoms with Crippen molar-refractivity contribution in [2.75, 3.05) is 0 Å². The van der Waals surface area contributed by atoms with Crippen molar-refractivity contribution in [1.82, 2.24) is 0 Å². The largest absolute Gasteiger partial charge is 0.507 e. The van der Waals surface area contributed by atoms with Gasteiger partial charge in [-0.15, -0.1) is 34.0 Å². The molecule has 1 nitrogen and oxygen atoms in total. The minimum atomic E-state index is -0.0894. The Bertz CT molecular complexity index is 747. The van der Waals surface area contributed by atoms with Crippen molar-refractivity contribution in [3.05, 3.63) is 45.5 Å². The van der Waals surface area contributed by atoms with Crippen molar-refractivity contribution >= 4 is 39.5 Å². The molecule has 0 saturated heterocycles. The molecule has 0 fully saturated rings. The third-order valence-corrected chi connectivity index (χ3v) is 5.71. The molecule has 0 radical (unpaired) electrons. The topological polar surface area (TPSA) is 20.2 Å². The molecule has 152 valence electrons. The van der Waals surface area contributed by atoms with Crippen LogP contribution >= 0.6 is 34.0 Å². The maximum atomic E-state index is 11.1. The second-order valence-corrected chi connectivity index (χ2v) is 9.49. The molecule has 1 aromatic carbocycles. The molecule has 1 unspecified atom stereocenters. The molecule has 0 aliphatic heterocycles. The summed E-state index contributed by atoms with van der Waals surface area (Å²) < 4.78 is 0. The van der Waals surface area contributed by atoms with Gasteiger partial charge in [-0.05, 0) is 60.0 Å². The maximum Gasteiger partial charge on any atom is 0.126 e. The van der Waals surface area contributed by atoms with E-state index in [4.69, 9.17) is 0 Å². The Morgan fingerprint density at radius 3 is 1.63 bits per heavy atom. The minimum Gasteiger partial charge on any atom is -0.507 e. The molecule has 0 aromatic heterocycles. The second-order valence-electron chi connectivity index (χ2n) is 9.49. The van der Waals surface area contributed by atoms with Gasteiger partial charge < -0.3 is 5.11 Å². The second kappa shape index (κ2) is 9.90. The smallest absolute Gasteiger partial charge is 0.126 e. The zero-order valence-electron chi connectivity index (χ0n) is 18.5.